The Balaban J connectivity index is 3.18. The molecule has 0 atom stereocenters. The van der Waals surface area contributed by atoms with Crippen molar-refractivity contribution in [2.45, 2.75) is 6.92 Å². The van der Waals surface area contributed by atoms with Gasteiger partial charge in [-0.2, -0.15) is 0 Å². The second-order valence-corrected chi connectivity index (χ2v) is 1.43. The normalized spacial score (nSPS) is 7.12. The summed E-state index contributed by atoms with van der Waals surface area (Å²) in [6, 6.07) is 0. The average molecular weight is 154 g/mol. The molecule has 0 saturated carbocycles. The molecular weight excluding hydrogens is 148 g/mol. The molecule has 0 aliphatic heterocycles. The molecule has 45 valence electrons. The molecule has 0 amide bonds. The Morgan fingerprint density at radius 1 is 2.00 bits per heavy atom. The van der Waals surface area contributed by atoms with E-state index in [9.17, 15) is 4.79 Å². The van der Waals surface area contributed by atoms with Crippen molar-refractivity contribution in [1.29, 1.82) is 0 Å². The van der Waals surface area contributed by atoms with E-state index >= 15 is 0 Å². The molecule has 0 unspecified atom stereocenters. The summed E-state index contributed by atoms with van der Waals surface area (Å²) in [5.41, 5.74) is 0. The molecule has 0 N–H and O–H groups in total. The maximum atomic E-state index is 10.0. The van der Waals surface area contributed by atoms with Crippen LogP contribution in [0.2, 0.25) is 0 Å². The number of hydrogen-bond acceptors (Lipinski definition) is 2. The summed E-state index contributed by atoms with van der Waals surface area (Å²) in [6.45, 7) is 1.63. The number of esters is 1. The number of ether oxygens (including phenoxy) is 1. The first kappa shape index (κ1) is 7.64. The van der Waals surface area contributed by atoms with Crippen LogP contribution in [0.3, 0.4) is 0 Å². The van der Waals surface area contributed by atoms with Gasteiger partial charge in [-0.1, -0.05) is 0 Å². The van der Waals surface area contributed by atoms with Gasteiger partial charge in [0.2, 0.25) is 0 Å². The monoisotopic (exact) mass is 154 g/mol. The van der Waals surface area contributed by atoms with Gasteiger partial charge in [0.1, 0.15) is 0 Å². The Labute approximate surface area is 55.9 Å². The molecule has 0 spiro atoms. The van der Waals surface area contributed by atoms with E-state index in [1.54, 1.807) is 6.08 Å². The fraction of sp³-hybridized carbons (Fsp3) is 0.400. The second kappa shape index (κ2) is 4.79. The van der Waals surface area contributed by atoms with E-state index in [1.807, 2.05) is 0 Å². The fourth-order valence-electron chi connectivity index (χ4n) is 0.188. The van der Waals surface area contributed by atoms with Crippen LogP contribution in [0.5, 0.6) is 0 Å². The molecule has 0 aromatic heterocycles. The molecule has 0 aliphatic rings. The Kier molecular flexibility index (Phi) is 4.57. The van der Waals surface area contributed by atoms with Crippen molar-refractivity contribution >= 4 is 10.5 Å². The quantitative estimate of drug-likeness (QED) is 0.415. The van der Waals surface area contributed by atoms with Gasteiger partial charge in [-0.05, 0) is 0 Å². The van der Waals surface area contributed by atoms with Gasteiger partial charge in [0.05, 0.1) is 0 Å². The number of carbonyl (C=O) groups is 1. The van der Waals surface area contributed by atoms with Crippen LogP contribution in [-0.4, -0.2) is 17.2 Å². The van der Waals surface area contributed by atoms with E-state index in [2.05, 4.69) is 24.9 Å². The summed E-state index contributed by atoms with van der Waals surface area (Å²) in [7, 11) is 0. The summed E-state index contributed by atoms with van der Waals surface area (Å²) in [6.07, 6.45) is 1.54. The van der Waals surface area contributed by atoms with Gasteiger partial charge in [0.15, 0.2) is 0 Å². The second-order valence-electron chi connectivity index (χ2n) is 1.11. The SMILES string of the molecule is CC(=O)OCC=[C]=[Fe+]. The molecule has 0 rings (SSSR count). The number of hydrogen-bond donors (Lipinski definition) is 0. The van der Waals surface area contributed by atoms with Crippen LogP contribution in [0.15, 0.2) is 6.08 Å². The molecule has 0 radical (unpaired) electrons. The van der Waals surface area contributed by atoms with E-state index < -0.39 is 0 Å². The third-order valence-electron chi connectivity index (χ3n) is 0.442. The van der Waals surface area contributed by atoms with Crippen molar-refractivity contribution in [2.75, 3.05) is 6.61 Å². The van der Waals surface area contributed by atoms with Crippen molar-refractivity contribution in [3.05, 3.63) is 6.08 Å². The van der Waals surface area contributed by atoms with Crippen LogP contribution >= 0.6 is 0 Å². The molecule has 0 fully saturated rings. The molecular formula is C5H6FeO2+. The minimum atomic E-state index is -0.281. The van der Waals surface area contributed by atoms with E-state index in [1.165, 1.54) is 6.92 Å². The Hall–Kier alpha value is -0.361. The summed E-state index contributed by atoms with van der Waals surface area (Å²) in [5, 5.41) is 0. The molecule has 3 heteroatoms. The zero-order chi connectivity index (χ0) is 6.41. The van der Waals surface area contributed by atoms with Gasteiger partial charge in [0, 0.05) is 0 Å². The summed E-state index contributed by atoms with van der Waals surface area (Å²) < 4.78 is 6.96. The van der Waals surface area contributed by atoms with Gasteiger partial charge in [-0.15, -0.1) is 0 Å². The van der Waals surface area contributed by atoms with E-state index in [0.29, 0.717) is 0 Å². The van der Waals surface area contributed by atoms with Crippen LogP contribution in [0.1, 0.15) is 6.92 Å². The predicted octanol–water partition coefficient (Wildman–Crippen LogP) is 0.0536. The summed E-state index contributed by atoms with van der Waals surface area (Å²) >= 11 is 3.29. The summed E-state index contributed by atoms with van der Waals surface area (Å²) in [4.78, 5) is 10.0. The topological polar surface area (TPSA) is 26.3 Å². The zero-order valence-electron chi connectivity index (χ0n) is 4.45. The first-order valence-corrected chi connectivity index (χ1v) is 2.62. The Morgan fingerprint density at radius 3 is 3.00 bits per heavy atom. The standard InChI is InChI=1S/C5H6O2.Fe/c1-3-4-7-5(2)6;/h3H,4H2,2H3;/q;+1. The minimum absolute atomic E-state index is 0.277. The van der Waals surface area contributed by atoms with Crippen molar-refractivity contribution in [3.8, 4) is 0 Å². The maximum absolute atomic E-state index is 10.0. The molecule has 0 aliphatic carbocycles. The van der Waals surface area contributed by atoms with Crippen molar-refractivity contribution in [2.24, 2.45) is 0 Å². The molecule has 0 aromatic rings. The Morgan fingerprint density at radius 2 is 2.62 bits per heavy atom. The molecule has 0 saturated heterocycles. The van der Waals surface area contributed by atoms with Crippen LogP contribution in [0, 0.1) is 0 Å². The first-order valence-electron chi connectivity index (χ1n) is 2.07. The molecule has 0 bridgehead atoms. The van der Waals surface area contributed by atoms with Crippen LogP contribution in [0.25, 0.3) is 0 Å². The van der Waals surface area contributed by atoms with E-state index in [0.717, 1.165) is 0 Å². The average Bonchev–Trinajstić information content (AvgIpc) is 1.66. The van der Waals surface area contributed by atoms with E-state index in [4.69, 9.17) is 0 Å². The fourth-order valence-corrected chi connectivity index (χ4v) is 0.280. The van der Waals surface area contributed by atoms with Crippen molar-refractivity contribution in [3.63, 3.8) is 0 Å². The van der Waals surface area contributed by atoms with Gasteiger partial charge in [0.25, 0.3) is 0 Å². The predicted molar refractivity (Wildman–Crippen MR) is 26.2 cm³/mol. The van der Waals surface area contributed by atoms with Gasteiger partial charge < -0.3 is 0 Å². The zero-order valence-corrected chi connectivity index (χ0v) is 5.56. The van der Waals surface area contributed by atoms with Crippen LogP contribution in [-0.2, 0) is 25.1 Å². The van der Waals surface area contributed by atoms with Crippen LogP contribution < -0.4 is 0 Å². The van der Waals surface area contributed by atoms with Crippen LogP contribution in [0.4, 0.5) is 0 Å². The molecule has 8 heavy (non-hydrogen) atoms. The van der Waals surface area contributed by atoms with Gasteiger partial charge in [-0.3, -0.25) is 0 Å². The molecule has 2 nitrogen and oxygen atoms in total. The van der Waals surface area contributed by atoms with Crippen molar-refractivity contribution < 1.29 is 25.1 Å². The molecule has 0 aromatic carbocycles. The first-order chi connectivity index (χ1) is 3.77. The van der Waals surface area contributed by atoms with Gasteiger partial charge >= 0.3 is 55.3 Å². The number of rotatable bonds is 2. The third kappa shape index (κ3) is 5.64. The summed E-state index contributed by atoms with van der Waals surface area (Å²) in [5.74, 6) is -0.281. The molecule has 0 heterocycles. The van der Waals surface area contributed by atoms with E-state index in [-0.39, 0.29) is 12.6 Å². The number of carbonyl (C=O) groups excluding carboxylic acids is 1. The third-order valence-corrected chi connectivity index (χ3v) is 0.667. The Bertz CT molecular complexity index is 122. The van der Waals surface area contributed by atoms with Crippen molar-refractivity contribution in [1.82, 2.24) is 0 Å². The van der Waals surface area contributed by atoms with Gasteiger partial charge in [-0.25, -0.2) is 0 Å².